The van der Waals surface area contributed by atoms with Gasteiger partial charge < -0.3 is 19.6 Å². The van der Waals surface area contributed by atoms with E-state index >= 15 is 0 Å². The zero-order valence-corrected chi connectivity index (χ0v) is 14.1. The standard InChI is InChI=1S/C17H20ClNO4/c1-11-8-13(5-6-14(11)18)22-9-16(20)19-10-17(3,21)15-7-4-12(2)23-15/h4-8,21H,9-10H2,1-3H3,(H,19,20). The molecular formula is C17H20ClNO4. The molecule has 0 saturated carbocycles. The van der Waals surface area contributed by atoms with Crippen LogP contribution in [-0.2, 0) is 10.4 Å². The minimum atomic E-state index is -1.28. The Balaban J connectivity index is 1.84. The quantitative estimate of drug-likeness (QED) is 0.850. The number of carbonyl (C=O) groups is 1. The summed E-state index contributed by atoms with van der Waals surface area (Å²) in [5, 5.41) is 13.6. The third-order valence-corrected chi connectivity index (χ3v) is 3.82. The zero-order chi connectivity index (χ0) is 17.0. The van der Waals surface area contributed by atoms with Gasteiger partial charge in [0.25, 0.3) is 5.91 Å². The molecule has 5 nitrogen and oxygen atoms in total. The van der Waals surface area contributed by atoms with Gasteiger partial charge in [0.2, 0.25) is 0 Å². The summed E-state index contributed by atoms with van der Waals surface area (Å²) < 4.78 is 10.8. The summed E-state index contributed by atoms with van der Waals surface area (Å²) >= 11 is 5.93. The largest absolute Gasteiger partial charge is 0.484 e. The third-order valence-electron chi connectivity index (χ3n) is 3.40. The Morgan fingerprint density at radius 1 is 1.35 bits per heavy atom. The smallest absolute Gasteiger partial charge is 0.258 e. The molecule has 0 spiro atoms. The third kappa shape index (κ3) is 4.74. The SMILES string of the molecule is Cc1ccc(C(C)(O)CNC(=O)COc2ccc(Cl)c(C)c2)o1. The molecule has 2 rings (SSSR count). The molecule has 2 N–H and O–H groups in total. The number of hydrogen-bond donors (Lipinski definition) is 2. The molecule has 0 radical (unpaired) electrons. The number of nitrogens with one attached hydrogen (secondary N) is 1. The molecule has 0 bridgehead atoms. The van der Waals surface area contributed by atoms with Gasteiger partial charge in [-0.1, -0.05) is 11.6 Å². The van der Waals surface area contributed by atoms with Crippen LogP contribution in [0.1, 0.15) is 24.0 Å². The average molecular weight is 338 g/mol. The van der Waals surface area contributed by atoms with E-state index in [1.165, 1.54) is 0 Å². The number of rotatable bonds is 6. The number of hydrogen-bond acceptors (Lipinski definition) is 4. The lowest BCUT2D eigenvalue weighted by Crippen LogP contribution is -2.40. The molecule has 23 heavy (non-hydrogen) atoms. The van der Waals surface area contributed by atoms with Gasteiger partial charge in [-0.25, -0.2) is 0 Å². The van der Waals surface area contributed by atoms with Gasteiger partial charge in [-0.3, -0.25) is 4.79 Å². The molecule has 6 heteroatoms. The first-order chi connectivity index (χ1) is 10.8. The maximum atomic E-state index is 11.8. The first kappa shape index (κ1) is 17.4. The molecule has 1 atom stereocenters. The summed E-state index contributed by atoms with van der Waals surface area (Å²) in [6, 6.07) is 8.63. The van der Waals surface area contributed by atoms with Crippen LogP contribution in [0.4, 0.5) is 0 Å². The maximum absolute atomic E-state index is 11.8. The minimum Gasteiger partial charge on any atom is -0.484 e. The molecule has 1 amide bonds. The van der Waals surface area contributed by atoms with Gasteiger partial charge in [0, 0.05) is 5.02 Å². The molecule has 0 fully saturated rings. The first-order valence-corrected chi connectivity index (χ1v) is 7.61. The zero-order valence-electron chi connectivity index (χ0n) is 13.4. The van der Waals surface area contributed by atoms with E-state index in [1.807, 2.05) is 6.92 Å². The maximum Gasteiger partial charge on any atom is 0.258 e. The van der Waals surface area contributed by atoms with Gasteiger partial charge in [0.1, 0.15) is 22.9 Å². The predicted molar refractivity (Wildman–Crippen MR) is 87.7 cm³/mol. The van der Waals surface area contributed by atoms with Crippen molar-refractivity contribution >= 4 is 17.5 Å². The summed E-state index contributed by atoms with van der Waals surface area (Å²) in [6.07, 6.45) is 0. The van der Waals surface area contributed by atoms with E-state index in [0.29, 0.717) is 22.3 Å². The van der Waals surface area contributed by atoms with E-state index in [-0.39, 0.29) is 19.1 Å². The summed E-state index contributed by atoms with van der Waals surface area (Å²) in [5.41, 5.74) is -0.401. The highest BCUT2D eigenvalue weighted by Gasteiger charge is 2.27. The monoisotopic (exact) mass is 337 g/mol. The van der Waals surface area contributed by atoms with E-state index in [1.54, 1.807) is 44.2 Å². The molecule has 1 aromatic heterocycles. The highest BCUT2D eigenvalue weighted by Crippen LogP contribution is 2.22. The minimum absolute atomic E-state index is 0.0296. The van der Waals surface area contributed by atoms with Crippen molar-refractivity contribution in [2.24, 2.45) is 0 Å². The number of halogens is 1. The average Bonchev–Trinajstić information content (AvgIpc) is 2.94. The molecule has 124 valence electrons. The van der Waals surface area contributed by atoms with Gasteiger partial charge in [-0.05, 0) is 56.7 Å². The van der Waals surface area contributed by atoms with Crippen molar-refractivity contribution in [1.29, 1.82) is 0 Å². The van der Waals surface area contributed by atoms with Crippen LogP contribution in [-0.4, -0.2) is 24.2 Å². The van der Waals surface area contributed by atoms with Crippen LogP contribution in [0.5, 0.6) is 5.75 Å². The van der Waals surface area contributed by atoms with Crippen LogP contribution in [0.2, 0.25) is 5.02 Å². The Kier molecular flexibility index (Phi) is 5.34. The van der Waals surface area contributed by atoms with Crippen molar-refractivity contribution in [2.75, 3.05) is 13.2 Å². The Labute approximate surface area is 140 Å². The fourth-order valence-electron chi connectivity index (χ4n) is 1.99. The van der Waals surface area contributed by atoms with Crippen molar-refractivity contribution in [3.05, 3.63) is 52.4 Å². The normalized spacial score (nSPS) is 13.4. The lowest BCUT2D eigenvalue weighted by molar-refractivity contribution is -0.124. The van der Waals surface area contributed by atoms with E-state index in [9.17, 15) is 9.90 Å². The number of furan rings is 1. The van der Waals surface area contributed by atoms with Crippen LogP contribution in [0.15, 0.2) is 34.7 Å². The topological polar surface area (TPSA) is 71.7 Å². The molecule has 0 aliphatic carbocycles. The van der Waals surface area contributed by atoms with Crippen molar-refractivity contribution in [1.82, 2.24) is 5.32 Å². The van der Waals surface area contributed by atoms with Crippen molar-refractivity contribution in [3.8, 4) is 5.75 Å². The van der Waals surface area contributed by atoms with Crippen LogP contribution >= 0.6 is 11.6 Å². The molecular weight excluding hydrogens is 318 g/mol. The van der Waals surface area contributed by atoms with E-state index < -0.39 is 5.60 Å². The summed E-state index contributed by atoms with van der Waals surface area (Å²) in [7, 11) is 0. The second kappa shape index (κ2) is 7.06. The van der Waals surface area contributed by atoms with E-state index in [2.05, 4.69) is 5.32 Å². The lowest BCUT2D eigenvalue weighted by Gasteiger charge is -2.21. The summed E-state index contributed by atoms with van der Waals surface area (Å²) in [4.78, 5) is 11.8. The highest BCUT2D eigenvalue weighted by molar-refractivity contribution is 6.31. The fraction of sp³-hybridized carbons (Fsp3) is 0.353. The van der Waals surface area contributed by atoms with Gasteiger partial charge in [0.15, 0.2) is 6.61 Å². The highest BCUT2D eigenvalue weighted by atomic mass is 35.5. The number of ether oxygens (including phenoxy) is 1. The van der Waals surface area contributed by atoms with Crippen LogP contribution in [0, 0.1) is 13.8 Å². The number of aryl methyl sites for hydroxylation is 2. The second-order valence-corrected chi connectivity index (χ2v) is 6.07. The summed E-state index contributed by atoms with van der Waals surface area (Å²) in [5.74, 6) is 1.34. The van der Waals surface area contributed by atoms with Crippen molar-refractivity contribution < 1.29 is 19.1 Å². The van der Waals surface area contributed by atoms with E-state index in [4.69, 9.17) is 20.8 Å². The Morgan fingerprint density at radius 3 is 2.70 bits per heavy atom. The predicted octanol–water partition coefficient (Wildman–Crippen LogP) is 2.95. The molecule has 0 aliphatic heterocycles. The molecule has 0 aliphatic rings. The summed E-state index contributed by atoms with van der Waals surface area (Å²) in [6.45, 7) is 5.11. The van der Waals surface area contributed by atoms with Crippen LogP contribution in [0.3, 0.4) is 0 Å². The molecule has 2 aromatic rings. The molecule has 1 unspecified atom stereocenters. The molecule has 0 saturated heterocycles. The van der Waals surface area contributed by atoms with Crippen LogP contribution < -0.4 is 10.1 Å². The Hall–Kier alpha value is -1.98. The van der Waals surface area contributed by atoms with Crippen LogP contribution in [0.25, 0.3) is 0 Å². The first-order valence-electron chi connectivity index (χ1n) is 7.23. The van der Waals surface area contributed by atoms with Crippen molar-refractivity contribution in [3.63, 3.8) is 0 Å². The fourth-order valence-corrected chi connectivity index (χ4v) is 2.11. The van der Waals surface area contributed by atoms with Gasteiger partial charge in [-0.2, -0.15) is 0 Å². The lowest BCUT2D eigenvalue weighted by atomic mass is 10.0. The van der Waals surface area contributed by atoms with Gasteiger partial charge >= 0.3 is 0 Å². The Morgan fingerprint density at radius 2 is 2.09 bits per heavy atom. The number of amides is 1. The van der Waals surface area contributed by atoms with E-state index in [0.717, 1.165) is 5.56 Å². The molecule has 1 aromatic carbocycles. The molecule has 1 heterocycles. The van der Waals surface area contributed by atoms with Gasteiger partial charge in [-0.15, -0.1) is 0 Å². The number of benzene rings is 1. The number of aliphatic hydroxyl groups is 1. The number of carbonyl (C=O) groups excluding carboxylic acids is 1. The Bertz CT molecular complexity index is 694. The van der Waals surface area contributed by atoms with Gasteiger partial charge in [0.05, 0.1) is 6.54 Å². The second-order valence-electron chi connectivity index (χ2n) is 5.66. The van der Waals surface area contributed by atoms with Crippen molar-refractivity contribution in [2.45, 2.75) is 26.4 Å².